The smallest absolute Gasteiger partial charge is 0.333 e. The number of nitrogens with zero attached hydrogens (tertiary/aromatic N) is 4. The molecule has 0 aliphatic heterocycles. The van der Waals surface area contributed by atoms with Crippen LogP contribution in [0.15, 0.2) is 30.5 Å². The van der Waals surface area contributed by atoms with E-state index < -0.39 is 38.7 Å². The number of aromatic hydroxyl groups is 3. The maximum atomic E-state index is 13.1. The van der Waals surface area contributed by atoms with Crippen LogP contribution in [0.5, 0.6) is 17.2 Å². The van der Waals surface area contributed by atoms with Crippen LogP contribution >= 0.6 is 11.6 Å². The first kappa shape index (κ1) is 16.5. The molecule has 0 amide bonds. The van der Waals surface area contributed by atoms with Crippen molar-refractivity contribution in [3.05, 3.63) is 51.4 Å². The minimum atomic E-state index is -0.963. The standard InChI is InChI=1S/C14H8ClFN4O5/c15-12-7(4-11(22)14(23)13(12)20(24)25)9-5-19(18-17-9)6-1-2-8(16)10(21)3-6/h1-5,21-23H. The molecule has 0 fully saturated rings. The summed E-state index contributed by atoms with van der Waals surface area (Å²) in [6.45, 7) is 0. The molecular formula is C14H8ClFN4O5. The Labute approximate surface area is 143 Å². The minimum absolute atomic E-state index is 0.0405. The third kappa shape index (κ3) is 2.78. The molecule has 1 aromatic heterocycles. The third-order valence-electron chi connectivity index (χ3n) is 3.34. The van der Waals surface area contributed by atoms with Crippen molar-refractivity contribution in [3.63, 3.8) is 0 Å². The Balaban J connectivity index is 2.11. The molecule has 3 rings (SSSR count). The van der Waals surface area contributed by atoms with Crippen molar-refractivity contribution >= 4 is 17.3 Å². The maximum Gasteiger partial charge on any atom is 0.333 e. The summed E-state index contributed by atoms with van der Waals surface area (Å²) in [7, 11) is 0. The molecule has 3 N–H and O–H groups in total. The highest BCUT2D eigenvalue weighted by atomic mass is 35.5. The second kappa shape index (κ2) is 5.91. The lowest BCUT2D eigenvalue weighted by molar-refractivity contribution is -0.385. The SMILES string of the molecule is O=[N+]([O-])c1c(O)c(O)cc(-c2cn(-c3ccc(F)c(O)c3)nn2)c1Cl. The summed E-state index contributed by atoms with van der Waals surface area (Å²) in [6, 6.07) is 4.45. The molecule has 1 heterocycles. The Bertz CT molecular complexity index is 1010. The predicted molar refractivity (Wildman–Crippen MR) is 83.4 cm³/mol. The van der Waals surface area contributed by atoms with Gasteiger partial charge in [0.05, 0.1) is 16.8 Å². The summed E-state index contributed by atoms with van der Waals surface area (Å²) >= 11 is 5.94. The molecule has 0 unspecified atom stereocenters. The van der Waals surface area contributed by atoms with E-state index in [1.165, 1.54) is 16.9 Å². The lowest BCUT2D eigenvalue weighted by Crippen LogP contribution is -1.95. The molecule has 0 aliphatic carbocycles. The van der Waals surface area contributed by atoms with Crippen molar-refractivity contribution in [2.24, 2.45) is 0 Å². The summed E-state index contributed by atoms with van der Waals surface area (Å²) < 4.78 is 14.3. The van der Waals surface area contributed by atoms with Crippen molar-refractivity contribution in [3.8, 4) is 34.2 Å². The van der Waals surface area contributed by atoms with Gasteiger partial charge in [0.2, 0.25) is 5.75 Å². The fourth-order valence-corrected chi connectivity index (χ4v) is 2.44. The topological polar surface area (TPSA) is 135 Å². The van der Waals surface area contributed by atoms with Gasteiger partial charge in [0.25, 0.3) is 0 Å². The zero-order chi connectivity index (χ0) is 18.3. The largest absolute Gasteiger partial charge is 0.505 e. The summed E-state index contributed by atoms with van der Waals surface area (Å²) in [5.74, 6) is -3.12. The van der Waals surface area contributed by atoms with Crippen molar-refractivity contribution in [2.75, 3.05) is 0 Å². The normalized spacial score (nSPS) is 10.8. The number of benzene rings is 2. The molecule has 0 bridgehead atoms. The second-order valence-corrected chi connectivity index (χ2v) is 5.27. The molecule has 0 atom stereocenters. The van der Waals surface area contributed by atoms with Crippen LogP contribution in [0.25, 0.3) is 16.9 Å². The van der Waals surface area contributed by atoms with Crippen LogP contribution in [0, 0.1) is 15.9 Å². The Morgan fingerprint density at radius 1 is 1.20 bits per heavy atom. The van der Waals surface area contributed by atoms with Gasteiger partial charge in [-0.15, -0.1) is 5.10 Å². The number of phenols is 3. The van der Waals surface area contributed by atoms with Crippen LogP contribution in [0.3, 0.4) is 0 Å². The van der Waals surface area contributed by atoms with E-state index in [-0.39, 0.29) is 16.9 Å². The van der Waals surface area contributed by atoms with Gasteiger partial charge in [0, 0.05) is 11.6 Å². The first-order valence-corrected chi connectivity index (χ1v) is 6.97. The lowest BCUT2D eigenvalue weighted by Gasteiger charge is -2.05. The van der Waals surface area contributed by atoms with Gasteiger partial charge in [-0.25, -0.2) is 9.07 Å². The lowest BCUT2D eigenvalue weighted by atomic mass is 10.1. The first-order chi connectivity index (χ1) is 11.8. The number of rotatable bonds is 3. The number of hydrogen-bond acceptors (Lipinski definition) is 7. The fraction of sp³-hybridized carbons (Fsp3) is 0. The Morgan fingerprint density at radius 3 is 2.56 bits per heavy atom. The molecule has 11 heteroatoms. The number of hydrogen-bond donors (Lipinski definition) is 3. The summed E-state index contributed by atoms with van der Waals surface area (Å²) in [4.78, 5) is 10.1. The van der Waals surface area contributed by atoms with E-state index in [0.29, 0.717) is 0 Å². The van der Waals surface area contributed by atoms with Crippen molar-refractivity contribution in [1.29, 1.82) is 0 Å². The molecule has 0 radical (unpaired) electrons. The monoisotopic (exact) mass is 366 g/mol. The number of nitro benzene ring substituents is 1. The van der Waals surface area contributed by atoms with Crippen LogP contribution in [0.2, 0.25) is 5.02 Å². The Kier molecular flexibility index (Phi) is 3.89. The highest BCUT2D eigenvalue weighted by Crippen LogP contribution is 2.46. The van der Waals surface area contributed by atoms with Crippen molar-refractivity contribution in [1.82, 2.24) is 15.0 Å². The second-order valence-electron chi connectivity index (χ2n) is 4.90. The molecule has 9 nitrogen and oxygen atoms in total. The van der Waals surface area contributed by atoms with Crippen LogP contribution < -0.4 is 0 Å². The van der Waals surface area contributed by atoms with Gasteiger partial charge in [-0.2, -0.15) is 0 Å². The van der Waals surface area contributed by atoms with Gasteiger partial charge in [-0.3, -0.25) is 10.1 Å². The van der Waals surface area contributed by atoms with Crippen LogP contribution in [-0.2, 0) is 0 Å². The molecule has 0 saturated heterocycles. The molecule has 0 spiro atoms. The van der Waals surface area contributed by atoms with Crippen molar-refractivity contribution in [2.45, 2.75) is 0 Å². The van der Waals surface area contributed by atoms with E-state index in [4.69, 9.17) is 11.6 Å². The summed E-state index contributed by atoms with van der Waals surface area (Å²) in [5, 5.41) is 46.8. The predicted octanol–water partition coefficient (Wildman–Crippen LogP) is 2.75. The van der Waals surface area contributed by atoms with E-state index in [0.717, 1.165) is 18.2 Å². The zero-order valence-corrected chi connectivity index (χ0v) is 12.8. The van der Waals surface area contributed by atoms with Gasteiger partial charge in [0.1, 0.15) is 10.7 Å². The first-order valence-electron chi connectivity index (χ1n) is 6.60. The maximum absolute atomic E-state index is 13.1. The zero-order valence-electron chi connectivity index (χ0n) is 12.1. The average molecular weight is 367 g/mol. The molecule has 0 saturated carbocycles. The molecule has 0 aliphatic rings. The van der Waals surface area contributed by atoms with Crippen LogP contribution in [0.1, 0.15) is 0 Å². The van der Waals surface area contributed by atoms with Gasteiger partial charge in [-0.05, 0) is 18.2 Å². The molecule has 128 valence electrons. The van der Waals surface area contributed by atoms with Crippen molar-refractivity contribution < 1.29 is 24.6 Å². The van der Waals surface area contributed by atoms with E-state index in [1.54, 1.807) is 0 Å². The van der Waals surface area contributed by atoms with Crippen LogP contribution in [0.4, 0.5) is 10.1 Å². The fourth-order valence-electron chi connectivity index (χ4n) is 2.13. The van der Waals surface area contributed by atoms with E-state index in [2.05, 4.69) is 10.3 Å². The molecular weight excluding hydrogens is 359 g/mol. The highest BCUT2D eigenvalue weighted by molar-refractivity contribution is 6.35. The average Bonchev–Trinajstić information content (AvgIpc) is 3.03. The Morgan fingerprint density at radius 2 is 1.92 bits per heavy atom. The number of halogens is 2. The highest BCUT2D eigenvalue weighted by Gasteiger charge is 2.27. The van der Waals surface area contributed by atoms with Crippen LogP contribution in [-0.4, -0.2) is 35.2 Å². The van der Waals surface area contributed by atoms with E-state index >= 15 is 0 Å². The number of aromatic nitrogens is 3. The minimum Gasteiger partial charge on any atom is -0.505 e. The molecule has 25 heavy (non-hydrogen) atoms. The summed E-state index contributed by atoms with van der Waals surface area (Å²) in [6.07, 6.45) is 1.30. The third-order valence-corrected chi connectivity index (χ3v) is 3.72. The van der Waals surface area contributed by atoms with Gasteiger partial charge < -0.3 is 15.3 Å². The molecule has 3 aromatic rings. The quantitative estimate of drug-likeness (QED) is 0.368. The van der Waals surface area contributed by atoms with Gasteiger partial charge >= 0.3 is 5.69 Å². The number of nitro groups is 1. The summed E-state index contributed by atoms with van der Waals surface area (Å²) in [5.41, 5.74) is -0.592. The van der Waals surface area contributed by atoms with E-state index in [9.17, 15) is 29.8 Å². The Hall–Kier alpha value is -3.40. The molecule has 2 aromatic carbocycles. The number of phenolic OH excluding ortho intramolecular Hbond substituents is 3. The van der Waals surface area contributed by atoms with Gasteiger partial charge in [-0.1, -0.05) is 16.8 Å². The van der Waals surface area contributed by atoms with Gasteiger partial charge in [0.15, 0.2) is 17.3 Å². The van der Waals surface area contributed by atoms with E-state index in [1.807, 2.05) is 0 Å².